The monoisotopic (exact) mass is 251 g/mol. The predicted octanol–water partition coefficient (Wildman–Crippen LogP) is 3.97. The first-order valence-corrected chi connectivity index (χ1v) is 6.65. The molecule has 2 aromatic rings. The molecule has 2 aromatic carbocycles. The number of hydrogen-bond donors (Lipinski definition) is 0. The van der Waals surface area contributed by atoms with E-state index >= 15 is 0 Å². The highest BCUT2D eigenvalue weighted by Gasteiger charge is 2.28. The number of Topliss-reactive ketones (excluding diaryl/α,β-unsaturated/α-hetero) is 1. The molecule has 19 heavy (non-hydrogen) atoms. The van der Waals surface area contributed by atoms with Crippen molar-refractivity contribution in [2.75, 3.05) is 4.90 Å². The molecule has 2 heteroatoms. The molecule has 0 aliphatic carbocycles. The molecular weight excluding hydrogens is 234 g/mol. The van der Waals surface area contributed by atoms with Gasteiger partial charge in [0.05, 0.1) is 5.69 Å². The van der Waals surface area contributed by atoms with E-state index in [1.54, 1.807) is 6.92 Å². The molecule has 0 N–H and O–H groups in total. The molecule has 0 bridgehead atoms. The lowest BCUT2D eigenvalue weighted by Gasteiger charge is -2.26. The maximum Gasteiger partial charge on any atom is 0.161 e. The number of hydrogen-bond acceptors (Lipinski definition) is 2. The van der Waals surface area contributed by atoms with Crippen molar-refractivity contribution in [1.82, 2.24) is 0 Å². The molecule has 0 radical (unpaired) electrons. The molecule has 0 spiro atoms. The second-order valence-corrected chi connectivity index (χ2v) is 5.13. The van der Waals surface area contributed by atoms with E-state index in [1.807, 2.05) is 24.3 Å². The number of anilines is 2. The summed E-state index contributed by atoms with van der Waals surface area (Å²) in [6.45, 7) is 3.84. The Labute approximate surface area is 113 Å². The van der Waals surface area contributed by atoms with Crippen molar-refractivity contribution in [3.05, 3.63) is 59.7 Å². The van der Waals surface area contributed by atoms with Crippen LogP contribution in [0.1, 0.15) is 29.8 Å². The average molecular weight is 251 g/mol. The lowest BCUT2D eigenvalue weighted by molar-refractivity contribution is 0.101. The number of carbonyl (C=O) groups is 1. The lowest BCUT2D eigenvalue weighted by atomic mass is 10.1. The number of fused-ring (bicyclic) bond motifs is 1. The van der Waals surface area contributed by atoms with E-state index in [0.717, 1.165) is 17.7 Å². The van der Waals surface area contributed by atoms with Crippen LogP contribution < -0.4 is 4.90 Å². The third-order valence-corrected chi connectivity index (χ3v) is 3.75. The van der Waals surface area contributed by atoms with Gasteiger partial charge in [-0.2, -0.15) is 0 Å². The first kappa shape index (κ1) is 12.0. The Hall–Kier alpha value is -2.09. The normalized spacial score (nSPS) is 17.4. The van der Waals surface area contributed by atoms with E-state index in [0.29, 0.717) is 6.04 Å². The number of ketones is 1. The van der Waals surface area contributed by atoms with Gasteiger partial charge in [-0.3, -0.25) is 4.79 Å². The Morgan fingerprint density at radius 3 is 2.42 bits per heavy atom. The molecule has 1 aliphatic rings. The van der Waals surface area contributed by atoms with E-state index in [1.165, 1.54) is 11.3 Å². The van der Waals surface area contributed by atoms with E-state index in [-0.39, 0.29) is 5.78 Å². The van der Waals surface area contributed by atoms with Crippen molar-refractivity contribution in [3.63, 3.8) is 0 Å². The standard InChI is InChI=1S/C17H17NO/c1-12-11-14-7-3-5-9-16(14)18(12)17-10-6-4-8-15(17)13(2)19/h3-10,12H,11H2,1-2H3. The average Bonchev–Trinajstić information content (AvgIpc) is 2.74. The highest BCUT2D eigenvalue weighted by atomic mass is 16.1. The maximum absolute atomic E-state index is 11.8. The Balaban J connectivity index is 2.15. The van der Waals surface area contributed by atoms with Gasteiger partial charge in [0.15, 0.2) is 5.78 Å². The van der Waals surface area contributed by atoms with Crippen LogP contribution in [0.5, 0.6) is 0 Å². The van der Waals surface area contributed by atoms with Crippen molar-refractivity contribution in [3.8, 4) is 0 Å². The largest absolute Gasteiger partial charge is 0.337 e. The van der Waals surface area contributed by atoms with Gasteiger partial charge in [0, 0.05) is 17.3 Å². The van der Waals surface area contributed by atoms with Gasteiger partial charge in [-0.25, -0.2) is 0 Å². The molecule has 0 saturated heterocycles. The highest BCUT2D eigenvalue weighted by Crippen LogP contribution is 2.39. The van der Waals surface area contributed by atoms with Gasteiger partial charge in [0.1, 0.15) is 0 Å². The summed E-state index contributed by atoms with van der Waals surface area (Å²) in [5.74, 6) is 0.118. The zero-order valence-corrected chi connectivity index (χ0v) is 11.3. The number of rotatable bonds is 2. The van der Waals surface area contributed by atoms with Crippen LogP contribution in [0.3, 0.4) is 0 Å². The van der Waals surface area contributed by atoms with Gasteiger partial charge >= 0.3 is 0 Å². The first-order valence-electron chi connectivity index (χ1n) is 6.65. The van der Waals surface area contributed by atoms with Crippen molar-refractivity contribution >= 4 is 17.2 Å². The SMILES string of the molecule is CC(=O)c1ccccc1N1c2ccccc2CC1C. The molecule has 2 nitrogen and oxygen atoms in total. The number of benzene rings is 2. The summed E-state index contributed by atoms with van der Waals surface area (Å²) in [4.78, 5) is 14.1. The van der Waals surface area contributed by atoms with Gasteiger partial charge < -0.3 is 4.90 Å². The fourth-order valence-corrected chi connectivity index (χ4v) is 2.91. The van der Waals surface area contributed by atoms with Crippen LogP contribution in [0.2, 0.25) is 0 Å². The van der Waals surface area contributed by atoms with Crippen molar-refractivity contribution < 1.29 is 4.79 Å². The summed E-state index contributed by atoms with van der Waals surface area (Å²) in [5.41, 5.74) is 4.40. The summed E-state index contributed by atoms with van der Waals surface area (Å²) in [6, 6.07) is 16.7. The molecular formula is C17H17NO. The minimum atomic E-state index is 0.118. The van der Waals surface area contributed by atoms with Crippen LogP contribution in [0.15, 0.2) is 48.5 Å². The molecule has 1 atom stereocenters. The van der Waals surface area contributed by atoms with E-state index in [2.05, 4.69) is 36.1 Å². The smallest absolute Gasteiger partial charge is 0.161 e. The van der Waals surface area contributed by atoms with Gasteiger partial charge in [0.2, 0.25) is 0 Å². The third kappa shape index (κ3) is 1.93. The number of carbonyl (C=O) groups excluding carboxylic acids is 1. The van der Waals surface area contributed by atoms with E-state index < -0.39 is 0 Å². The molecule has 1 aliphatic heterocycles. The van der Waals surface area contributed by atoms with Crippen LogP contribution in [-0.4, -0.2) is 11.8 Å². The Kier molecular flexibility index (Phi) is 2.86. The fraction of sp³-hybridized carbons (Fsp3) is 0.235. The van der Waals surface area contributed by atoms with Crippen molar-refractivity contribution in [2.24, 2.45) is 0 Å². The van der Waals surface area contributed by atoms with E-state index in [9.17, 15) is 4.79 Å². The predicted molar refractivity (Wildman–Crippen MR) is 78.2 cm³/mol. The van der Waals surface area contributed by atoms with Crippen LogP contribution in [0.4, 0.5) is 11.4 Å². The molecule has 0 saturated carbocycles. The molecule has 0 amide bonds. The van der Waals surface area contributed by atoms with Gasteiger partial charge in [-0.15, -0.1) is 0 Å². The molecule has 0 fully saturated rings. The van der Waals surface area contributed by atoms with Gasteiger partial charge in [0.25, 0.3) is 0 Å². The van der Waals surface area contributed by atoms with Crippen molar-refractivity contribution in [2.45, 2.75) is 26.3 Å². The zero-order valence-electron chi connectivity index (χ0n) is 11.3. The minimum absolute atomic E-state index is 0.118. The number of para-hydroxylation sites is 2. The Bertz CT molecular complexity index is 633. The highest BCUT2D eigenvalue weighted by molar-refractivity contribution is 6.01. The summed E-state index contributed by atoms with van der Waals surface area (Å²) in [6.07, 6.45) is 1.03. The Morgan fingerprint density at radius 2 is 1.68 bits per heavy atom. The number of nitrogens with zero attached hydrogens (tertiary/aromatic N) is 1. The fourth-order valence-electron chi connectivity index (χ4n) is 2.91. The van der Waals surface area contributed by atoms with Crippen LogP contribution >= 0.6 is 0 Å². The Morgan fingerprint density at radius 1 is 1.05 bits per heavy atom. The minimum Gasteiger partial charge on any atom is -0.337 e. The maximum atomic E-state index is 11.8. The van der Waals surface area contributed by atoms with Gasteiger partial charge in [-0.05, 0) is 44.0 Å². The second kappa shape index (κ2) is 4.54. The topological polar surface area (TPSA) is 20.3 Å². The molecule has 96 valence electrons. The zero-order chi connectivity index (χ0) is 13.4. The summed E-state index contributed by atoms with van der Waals surface area (Å²) in [5, 5.41) is 0. The quantitative estimate of drug-likeness (QED) is 0.753. The summed E-state index contributed by atoms with van der Waals surface area (Å²) in [7, 11) is 0. The van der Waals surface area contributed by atoms with Crippen LogP contribution in [0, 0.1) is 0 Å². The van der Waals surface area contributed by atoms with Gasteiger partial charge in [-0.1, -0.05) is 30.3 Å². The van der Waals surface area contributed by atoms with Crippen LogP contribution in [0.25, 0.3) is 0 Å². The summed E-state index contributed by atoms with van der Waals surface area (Å²) < 4.78 is 0. The third-order valence-electron chi connectivity index (χ3n) is 3.75. The summed E-state index contributed by atoms with van der Waals surface area (Å²) >= 11 is 0. The molecule has 3 rings (SSSR count). The lowest BCUT2D eigenvalue weighted by Crippen LogP contribution is -2.25. The first-order chi connectivity index (χ1) is 9.18. The molecule has 1 unspecified atom stereocenters. The molecule has 1 heterocycles. The molecule has 0 aromatic heterocycles. The van der Waals surface area contributed by atoms with Crippen LogP contribution in [-0.2, 0) is 6.42 Å². The van der Waals surface area contributed by atoms with Crippen molar-refractivity contribution in [1.29, 1.82) is 0 Å². The van der Waals surface area contributed by atoms with E-state index in [4.69, 9.17) is 0 Å². The second-order valence-electron chi connectivity index (χ2n) is 5.13.